The van der Waals surface area contributed by atoms with Crippen LogP contribution in [-0.4, -0.2) is 30.8 Å². The molecule has 2 aromatic carbocycles. The van der Waals surface area contributed by atoms with Gasteiger partial charge < -0.3 is 9.67 Å². The molecule has 2 aliphatic carbocycles. The number of anilines is 1. The topological polar surface area (TPSA) is 108 Å². The molecule has 1 N–H and O–H groups in total. The van der Waals surface area contributed by atoms with Crippen molar-refractivity contribution < 1.29 is 23.1 Å². The second-order valence-corrected chi connectivity index (χ2v) is 11.4. The number of aromatic nitrogens is 4. The first kappa shape index (κ1) is 26.3. The smallest absolute Gasteiger partial charge is 0.385 e. The summed E-state index contributed by atoms with van der Waals surface area (Å²) >= 11 is 0. The highest BCUT2D eigenvalue weighted by Gasteiger charge is 2.45. The van der Waals surface area contributed by atoms with Crippen LogP contribution in [0.3, 0.4) is 0 Å². The molecule has 2 fully saturated rings. The van der Waals surface area contributed by atoms with Gasteiger partial charge in [-0.15, -0.1) is 10.2 Å². The molecule has 11 heteroatoms. The van der Waals surface area contributed by atoms with Gasteiger partial charge >= 0.3 is 6.18 Å². The molecular formula is C31H25F3N6O2. The number of amides is 1. The van der Waals surface area contributed by atoms with Crippen molar-refractivity contribution in [2.45, 2.75) is 56.3 Å². The number of aliphatic hydroxyl groups is 1. The van der Waals surface area contributed by atoms with Gasteiger partial charge in [0.1, 0.15) is 12.1 Å². The molecule has 7 rings (SSSR count). The molecule has 0 saturated heterocycles. The molecule has 0 radical (unpaired) electrons. The average Bonchev–Trinajstić information content (AvgIpc) is 3.64. The number of hydrogen-bond donors (Lipinski definition) is 1. The summed E-state index contributed by atoms with van der Waals surface area (Å²) < 4.78 is 44.5. The van der Waals surface area contributed by atoms with Crippen LogP contribution in [0.2, 0.25) is 0 Å². The van der Waals surface area contributed by atoms with E-state index in [0.29, 0.717) is 41.8 Å². The fourth-order valence-corrected chi connectivity index (χ4v) is 5.91. The normalized spacial score (nSPS) is 17.6. The van der Waals surface area contributed by atoms with Crippen LogP contribution in [0.15, 0.2) is 48.8 Å². The molecule has 0 unspecified atom stereocenters. The quantitative estimate of drug-likeness (QED) is 0.323. The van der Waals surface area contributed by atoms with Crippen molar-refractivity contribution >= 4 is 11.7 Å². The van der Waals surface area contributed by atoms with E-state index in [-0.39, 0.29) is 35.0 Å². The number of nitrogens with zero attached hydrogens (tertiary/aromatic N) is 6. The van der Waals surface area contributed by atoms with E-state index in [1.165, 1.54) is 11.0 Å². The molecule has 1 aliphatic heterocycles. The van der Waals surface area contributed by atoms with Crippen LogP contribution < -0.4 is 4.90 Å². The Morgan fingerprint density at radius 2 is 1.86 bits per heavy atom. The molecule has 0 bridgehead atoms. The second-order valence-electron chi connectivity index (χ2n) is 11.4. The highest BCUT2D eigenvalue weighted by Crippen LogP contribution is 2.47. The third-order valence-electron chi connectivity index (χ3n) is 8.58. The van der Waals surface area contributed by atoms with Crippen LogP contribution in [0, 0.1) is 11.3 Å². The van der Waals surface area contributed by atoms with Gasteiger partial charge in [0.15, 0.2) is 5.82 Å². The van der Waals surface area contributed by atoms with Crippen molar-refractivity contribution in [1.82, 2.24) is 19.7 Å². The van der Waals surface area contributed by atoms with Crippen LogP contribution >= 0.6 is 0 Å². The van der Waals surface area contributed by atoms with E-state index < -0.39 is 23.2 Å². The van der Waals surface area contributed by atoms with Crippen molar-refractivity contribution in [3.05, 3.63) is 82.3 Å². The van der Waals surface area contributed by atoms with Crippen LogP contribution in [0.25, 0.3) is 22.5 Å². The van der Waals surface area contributed by atoms with Crippen molar-refractivity contribution in [2.75, 3.05) is 4.90 Å². The molecule has 0 spiro atoms. The largest absolute Gasteiger partial charge is 0.416 e. The second kappa shape index (κ2) is 9.22. The number of alkyl halides is 3. The number of halogens is 3. The number of fused-ring (bicyclic) bond motifs is 1. The van der Waals surface area contributed by atoms with E-state index in [0.717, 1.165) is 30.2 Å². The average molecular weight is 571 g/mol. The molecule has 8 nitrogen and oxygen atoms in total. The van der Waals surface area contributed by atoms with E-state index in [2.05, 4.69) is 16.3 Å². The predicted molar refractivity (Wildman–Crippen MR) is 146 cm³/mol. The van der Waals surface area contributed by atoms with Gasteiger partial charge in [-0.2, -0.15) is 18.4 Å². The summed E-state index contributed by atoms with van der Waals surface area (Å²) in [4.78, 5) is 19.8. The summed E-state index contributed by atoms with van der Waals surface area (Å²) in [5.74, 6) is 0.390. The lowest BCUT2D eigenvalue weighted by molar-refractivity contribution is -0.138. The maximum Gasteiger partial charge on any atom is 0.416 e. The highest BCUT2D eigenvalue weighted by molar-refractivity contribution is 6.10. The minimum atomic E-state index is -4.70. The lowest BCUT2D eigenvalue weighted by atomic mass is 9.74. The predicted octanol–water partition coefficient (Wildman–Crippen LogP) is 5.84. The zero-order valence-electron chi connectivity index (χ0n) is 22.6. The standard InChI is InChI=1S/C31H25F3N6O2/c1-39-16-36-38-28(39)22-9-17(14-35)3-6-21(22)19-10-26(18-4-5-18)37-27(11-19)40-15-24-23(29(40)41)12-20(30(42)7-2-8-30)13-25(24)31(32,33)34/h3,6,9-13,16,18,42H,2,4-5,7-8,15H2,1H3. The summed E-state index contributed by atoms with van der Waals surface area (Å²) in [6, 6.07) is 13.4. The Hall–Kier alpha value is -4.56. The molecule has 0 atom stereocenters. The molecular weight excluding hydrogens is 545 g/mol. The Kier molecular flexibility index (Phi) is 5.79. The van der Waals surface area contributed by atoms with E-state index in [4.69, 9.17) is 4.98 Å². The minimum Gasteiger partial charge on any atom is -0.385 e. The number of nitriles is 1. The number of hydrogen-bond acceptors (Lipinski definition) is 6. The fraction of sp³-hybridized carbons (Fsp3) is 0.323. The molecule has 2 aromatic heterocycles. The van der Waals surface area contributed by atoms with Crippen LogP contribution in [0.1, 0.15) is 76.3 Å². The lowest BCUT2D eigenvalue weighted by Crippen LogP contribution is -2.34. The number of aryl methyl sites for hydroxylation is 1. The van der Waals surface area contributed by atoms with Gasteiger partial charge in [0.2, 0.25) is 0 Å². The first-order valence-corrected chi connectivity index (χ1v) is 13.8. The van der Waals surface area contributed by atoms with Crippen LogP contribution in [0.4, 0.5) is 19.0 Å². The van der Waals surface area contributed by atoms with E-state index in [9.17, 15) is 28.3 Å². The zero-order chi connectivity index (χ0) is 29.4. The highest BCUT2D eigenvalue weighted by atomic mass is 19.4. The van der Waals surface area contributed by atoms with Crippen molar-refractivity contribution in [3.63, 3.8) is 0 Å². The first-order chi connectivity index (χ1) is 20.1. The number of carbonyl (C=O) groups excluding carboxylic acids is 1. The summed E-state index contributed by atoms with van der Waals surface area (Å²) in [7, 11) is 1.79. The summed E-state index contributed by atoms with van der Waals surface area (Å²) in [5.41, 5.74) is 0.966. The summed E-state index contributed by atoms with van der Waals surface area (Å²) in [6.07, 6.45) is 0.126. The van der Waals surface area contributed by atoms with E-state index in [1.807, 2.05) is 6.07 Å². The zero-order valence-corrected chi connectivity index (χ0v) is 22.6. The van der Waals surface area contributed by atoms with Crippen LogP contribution in [0.5, 0.6) is 0 Å². The molecule has 2 saturated carbocycles. The van der Waals surface area contributed by atoms with E-state index >= 15 is 0 Å². The number of benzene rings is 2. The number of carbonyl (C=O) groups is 1. The molecule has 3 heterocycles. The Morgan fingerprint density at radius 3 is 2.48 bits per heavy atom. The van der Waals surface area contributed by atoms with Crippen molar-refractivity contribution in [3.8, 4) is 28.6 Å². The fourth-order valence-electron chi connectivity index (χ4n) is 5.91. The summed E-state index contributed by atoms with van der Waals surface area (Å²) in [6.45, 7) is -0.286. The Labute approximate surface area is 239 Å². The molecule has 1 amide bonds. The Bertz CT molecular complexity index is 1810. The van der Waals surface area contributed by atoms with E-state index in [1.54, 1.807) is 42.2 Å². The molecule has 212 valence electrons. The first-order valence-electron chi connectivity index (χ1n) is 13.8. The Morgan fingerprint density at radius 1 is 1.07 bits per heavy atom. The van der Waals surface area contributed by atoms with Crippen molar-refractivity contribution in [2.24, 2.45) is 7.05 Å². The van der Waals surface area contributed by atoms with Gasteiger partial charge in [0.25, 0.3) is 5.91 Å². The number of rotatable bonds is 5. The monoisotopic (exact) mass is 570 g/mol. The van der Waals surface area contributed by atoms with Gasteiger partial charge in [0, 0.05) is 29.8 Å². The van der Waals surface area contributed by atoms with Crippen molar-refractivity contribution in [1.29, 1.82) is 5.26 Å². The van der Waals surface area contributed by atoms with Crippen LogP contribution in [-0.2, 0) is 25.4 Å². The maximum absolute atomic E-state index is 14.3. The Balaban J connectivity index is 1.36. The SMILES string of the molecule is Cn1cnnc1-c1cc(C#N)ccc1-c1cc(C2CC2)nc(N2Cc3c(cc(C4(O)CCC4)cc3C(F)(F)F)C2=O)c1. The summed E-state index contributed by atoms with van der Waals surface area (Å²) in [5, 5.41) is 28.6. The minimum absolute atomic E-state index is 0.0570. The van der Waals surface area contributed by atoms with Gasteiger partial charge in [-0.3, -0.25) is 9.69 Å². The van der Waals surface area contributed by atoms with Gasteiger partial charge in [-0.25, -0.2) is 4.98 Å². The molecule has 4 aromatic rings. The molecule has 42 heavy (non-hydrogen) atoms. The third-order valence-corrected chi connectivity index (χ3v) is 8.58. The molecule has 3 aliphatic rings. The third kappa shape index (κ3) is 4.25. The number of pyridine rings is 1. The van der Waals surface area contributed by atoms with Gasteiger partial charge in [-0.05, 0) is 90.8 Å². The van der Waals surface area contributed by atoms with Gasteiger partial charge in [-0.1, -0.05) is 6.07 Å². The lowest BCUT2D eigenvalue weighted by Gasteiger charge is -2.37. The maximum atomic E-state index is 14.3. The van der Waals surface area contributed by atoms with Gasteiger partial charge in [0.05, 0.1) is 29.3 Å².